The molecule has 1 amide bonds. The van der Waals surface area contributed by atoms with E-state index in [0.29, 0.717) is 25.7 Å². The van der Waals surface area contributed by atoms with Gasteiger partial charge in [-0.15, -0.1) is 0 Å². The zero-order chi connectivity index (χ0) is 24.3. The Morgan fingerprint density at radius 2 is 1.76 bits per heavy atom. The highest BCUT2D eigenvalue weighted by molar-refractivity contribution is 5.96. The summed E-state index contributed by atoms with van der Waals surface area (Å²) in [6.45, 7) is 2.11. The average Bonchev–Trinajstić information content (AvgIpc) is 2.84. The highest BCUT2D eigenvalue weighted by Gasteiger charge is 2.40. The summed E-state index contributed by atoms with van der Waals surface area (Å²) in [5, 5.41) is 2.17. The van der Waals surface area contributed by atoms with Crippen LogP contribution in [0.3, 0.4) is 0 Å². The smallest absolute Gasteiger partial charge is 0.312 e. The van der Waals surface area contributed by atoms with Gasteiger partial charge in [-0.3, -0.25) is 9.59 Å². The van der Waals surface area contributed by atoms with Crippen molar-refractivity contribution < 1.29 is 28.2 Å². The molecular formula is C27H28FNO5. The van der Waals surface area contributed by atoms with Gasteiger partial charge >= 0.3 is 5.97 Å². The molecule has 0 saturated heterocycles. The fourth-order valence-corrected chi connectivity index (χ4v) is 4.45. The maximum absolute atomic E-state index is 14.5. The normalized spacial score (nSPS) is 20.0. The minimum Gasteiger partial charge on any atom is -0.496 e. The number of esters is 1. The predicted octanol–water partition coefficient (Wildman–Crippen LogP) is 5.16. The summed E-state index contributed by atoms with van der Waals surface area (Å²) >= 11 is 0. The molecule has 0 atom stereocenters. The van der Waals surface area contributed by atoms with Gasteiger partial charge in [-0.2, -0.15) is 0 Å². The number of fused-ring (bicyclic) bond motifs is 1. The van der Waals surface area contributed by atoms with Gasteiger partial charge in [0.1, 0.15) is 12.4 Å². The second kappa shape index (κ2) is 9.71. The van der Waals surface area contributed by atoms with Gasteiger partial charge in [0.15, 0.2) is 11.6 Å². The van der Waals surface area contributed by atoms with E-state index in [0.717, 1.165) is 22.4 Å². The molecule has 178 valence electrons. The molecule has 1 aliphatic rings. The van der Waals surface area contributed by atoms with Gasteiger partial charge in [0, 0.05) is 6.07 Å². The SMILES string of the molecule is COc1cc(F)c(O[C@H]2CC[C@@](C)(C(=O)OCc3cccc4ccccc34)CC2)cc1C(N)=O. The fraction of sp³-hybridized carbons (Fsp3) is 0.333. The number of halogens is 1. The lowest BCUT2D eigenvalue weighted by Crippen LogP contribution is -2.37. The van der Waals surface area contributed by atoms with Gasteiger partial charge in [0.05, 0.1) is 24.2 Å². The van der Waals surface area contributed by atoms with Crippen LogP contribution in [0.4, 0.5) is 4.39 Å². The third-order valence-corrected chi connectivity index (χ3v) is 6.58. The predicted molar refractivity (Wildman–Crippen MR) is 126 cm³/mol. The number of hydrogen-bond donors (Lipinski definition) is 1. The highest BCUT2D eigenvalue weighted by Crippen LogP contribution is 2.39. The van der Waals surface area contributed by atoms with Crippen LogP contribution in [0.25, 0.3) is 10.8 Å². The average molecular weight is 466 g/mol. The van der Waals surface area contributed by atoms with Crippen LogP contribution < -0.4 is 15.2 Å². The Bertz CT molecular complexity index is 1210. The molecule has 34 heavy (non-hydrogen) atoms. The van der Waals surface area contributed by atoms with Crippen LogP contribution in [-0.4, -0.2) is 25.1 Å². The summed E-state index contributed by atoms with van der Waals surface area (Å²) in [6.07, 6.45) is 1.91. The van der Waals surface area contributed by atoms with Crippen molar-refractivity contribution in [2.75, 3.05) is 7.11 Å². The number of primary amides is 1. The van der Waals surface area contributed by atoms with Gasteiger partial charge in [0.25, 0.3) is 5.91 Å². The first-order valence-corrected chi connectivity index (χ1v) is 11.3. The Labute approximate surface area is 197 Å². The second-order valence-corrected chi connectivity index (χ2v) is 8.94. The van der Waals surface area contributed by atoms with E-state index < -0.39 is 17.1 Å². The number of ether oxygens (including phenoxy) is 3. The maximum Gasteiger partial charge on any atom is 0.312 e. The quantitative estimate of drug-likeness (QED) is 0.487. The Balaban J connectivity index is 1.37. The molecule has 3 aromatic carbocycles. The Hall–Kier alpha value is -3.61. The molecule has 4 rings (SSSR count). The van der Waals surface area contributed by atoms with E-state index in [9.17, 15) is 14.0 Å². The topological polar surface area (TPSA) is 87.8 Å². The van der Waals surface area contributed by atoms with Gasteiger partial charge in [0.2, 0.25) is 0 Å². The van der Waals surface area contributed by atoms with Crippen molar-refractivity contribution >= 4 is 22.6 Å². The third kappa shape index (κ3) is 4.83. The molecule has 1 fully saturated rings. The summed E-state index contributed by atoms with van der Waals surface area (Å²) in [4.78, 5) is 24.6. The largest absolute Gasteiger partial charge is 0.496 e. The third-order valence-electron chi connectivity index (χ3n) is 6.58. The molecule has 1 aliphatic carbocycles. The van der Waals surface area contributed by atoms with E-state index in [-0.39, 0.29) is 35.7 Å². The van der Waals surface area contributed by atoms with Crippen molar-refractivity contribution in [1.82, 2.24) is 0 Å². The molecule has 0 aliphatic heterocycles. The summed E-state index contributed by atoms with van der Waals surface area (Å²) in [7, 11) is 1.34. The summed E-state index contributed by atoms with van der Waals surface area (Å²) in [5.74, 6) is -1.61. The van der Waals surface area contributed by atoms with Crippen LogP contribution in [0.5, 0.6) is 11.5 Å². The van der Waals surface area contributed by atoms with Crippen molar-refractivity contribution in [3.63, 3.8) is 0 Å². The van der Waals surface area contributed by atoms with Crippen LogP contribution in [-0.2, 0) is 16.1 Å². The lowest BCUT2D eigenvalue weighted by molar-refractivity contribution is -0.159. The molecule has 2 N–H and O–H groups in total. The molecule has 1 saturated carbocycles. The number of rotatable bonds is 7. The fourth-order valence-electron chi connectivity index (χ4n) is 4.45. The first kappa shape index (κ1) is 23.5. The lowest BCUT2D eigenvalue weighted by Gasteiger charge is -2.35. The van der Waals surface area contributed by atoms with Crippen molar-refractivity contribution in [1.29, 1.82) is 0 Å². The van der Waals surface area contributed by atoms with Crippen LogP contribution >= 0.6 is 0 Å². The molecule has 0 unspecified atom stereocenters. The van der Waals surface area contributed by atoms with Gasteiger partial charge < -0.3 is 19.9 Å². The molecule has 0 aromatic heterocycles. The molecular weight excluding hydrogens is 437 g/mol. The van der Waals surface area contributed by atoms with Crippen LogP contribution in [0.2, 0.25) is 0 Å². The molecule has 0 heterocycles. The minimum absolute atomic E-state index is 0.0524. The molecule has 0 bridgehead atoms. The number of carbonyl (C=O) groups excluding carboxylic acids is 2. The Kier molecular flexibility index (Phi) is 6.72. The lowest BCUT2D eigenvalue weighted by atomic mass is 9.74. The van der Waals surface area contributed by atoms with E-state index in [1.54, 1.807) is 0 Å². The van der Waals surface area contributed by atoms with Crippen molar-refractivity contribution in [3.8, 4) is 11.5 Å². The monoisotopic (exact) mass is 465 g/mol. The van der Waals surface area contributed by atoms with Crippen molar-refractivity contribution in [2.24, 2.45) is 11.1 Å². The second-order valence-electron chi connectivity index (χ2n) is 8.94. The van der Waals surface area contributed by atoms with Crippen LogP contribution in [0, 0.1) is 11.2 Å². The first-order chi connectivity index (χ1) is 16.3. The molecule has 7 heteroatoms. The van der Waals surface area contributed by atoms with Gasteiger partial charge in [-0.05, 0) is 55.0 Å². The Morgan fingerprint density at radius 1 is 1.06 bits per heavy atom. The van der Waals surface area contributed by atoms with Crippen molar-refractivity contribution in [3.05, 3.63) is 71.5 Å². The molecule has 3 aromatic rings. The Morgan fingerprint density at radius 3 is 2.47 bits per heavy atom. The number of hydrogen-bond acceptors (Lipinski definition) is 5. The number of nitrogens with two attached hydrogens (primary N) is 1. The molecule has 0 radical (unpaired) electrons. The van der Waals surface area contributed by atoms with Crippen LogP contribution in [0.1, 0.15) is 48.5 Å². The van der Waals surface area contributed by atoms with E-state index in [1.807, 2.05) is 49.4 Å². The summed E-state index contributed by atoms with van der Waals surface area (Å²) in [5.41, 5.74) is 5.74. The van der Waals surface area contributed by atoms with E-state index in [2.05, 4.69) is 0 Å². The molecule has 6 nitrogen and oxygen atoms in total. The van der Waals surface area contributed by atoms with Crippen LogP contribution in [0.15, 0.2) is 54.6 Å². The van der Waals surface area contributed by atoms with Crippen molar-refractivity contribution in [2.45, 2.75) is 45.3 Å². The maximum atomic E-state index is 14.5. The van der Waals surface area contributed by atoms with Gasteiger partial charge in [-0.25, -0.2) is 4.39 Å². The number of benzene rings is 3. The summed E-state index contributed by atoms with van der Waals surface area (Å²) in [6, 6.07) is 16.3. The molecule has 0 spiro atoms. The highest BCUT2D eigenvalue weighted by atomic mass is 19.1. The number of methoxy groups -OCH3 is 1. The van der Waals surface area contributed by atoms with E-state index >= 15 is 0 Å². The van der Waals surface area contributed by atoms with E-state index in [4.69, 9.17) is 19.9 Å². The summed E-state index contributed by atoms with van der Waals surface area (Å²) < 4.78 is 31.0. The zero-order valence-electron chi connectivity index (χ0n) is 19.3. The van der Waals surface area contributed by atoms with Gasteiger partial charge in [-0.1, -0.05) is 42.5 Å². The number of amides is 1. The zero-order valence-corrected chi connectivity index (χ0v) is 19.3. The van der Waals surface area contributed by atoms with E-state index in [1.165, 1.54) is 13.2 Å². The minimum atomic E-state index is -0.730. The first-order valence-electron chi connectivity index (χ1n) is 11.3. The number of carbonyl (C=O) groups is 2. The standard InChI is InChI=1S/C27H28FNO5/c1-27(26(31)33-16-18-8-5-7-17-6-3-4-9-20(17)18)12-10-19(11-13-27)34-24-14-21(25(29)30)23(32-2)15-22(24)28/h3-9,14-15,19H,10-13,16H2,1-2H3,(H2,29,30)/t19-,27+.